The molecule has 1 aromatic rings. The summed E-state index contributed by atoms with van der Waals surface area (Å²) in [4.78, 5) is 13.2. The summed E-state index contributed by atoms with van der Waals surface area (Å²) in [7, 11) is 1.98. The van der Waals surface area contributed by atoms with Crippen LogP contribution in [0.5, 0.6) is 0 Å². The number of esters is 1. The fourth-order valence-corrected chi connectivity index (χ4v) is 14.2. The molecule has 2 nitrogen and oxygen atoms in total. The summed E-state index contributed by atoms with van der Waals surface area (Å²) >= 11 is -0.903. The first-order chi connectivity index (χ1) is 9.29. The zero-order chi connectivity index (χ0) is 13.9. The molecule has 0 N–H and O–H groups in total. The third kappa shape index (κ3) is 6.80. The molecule has 0 fully saturated rings. The van der Waals surface area contributed by atoms with Crippen molar-refractivity contribution in [1.82, 2.24) is 0 Å². The van der Waals surface area contributed by atoms with E-state index in [1.54, 1.807) is 0 Å². The van der Waals surface area contributed by atoms with Crippen molar-refractivity contribution in [2.24, 2.45) is 0 Å². The van der Waals surface area contributed by atoms with Gasteiger partial charge in [0.15, 0.2) is 0 Å². The summed E-state index contributed by atoms with van der Waals surface area (Å²) in [6.07, 6.45) is 4.62. The van der Waals surface area contributed by atoms with Crippen LogP contribution in [0.25, 0.3) is 0 Å². The number of hydrogen-bond acceptors (Lipinski definition) is 3. The van der Waals surface area contributed by atoms with Crippen LogP contribution in [0, 0.1) is 0 Å². The standard InChI is InChI=1S/C11H14O2S.C4H9.Hg/c1-2-3-8-13-11(12)9-6-4-5-7-10(9)14;1-3-4-2;/h4-7,14H,2-3,8H2,1H3;1,3-4H2,2H3;/q;;+1/p-1. The van der Waals surface area contributed by atoms with Crippen molar-refractivity contribution in [3.8, 4) is 0 Å². The van der Waals surface area contributed by atoms with E-state index in [1.165, 1.54) is 16.8 Å². The van der Waals surface area contributed by atoms with Gasteiger partial charge in [-0.25, -0.2) is 0 Å². The fraction of sp³-hybridized carbons (Fsp3) is 0.533. The third-order valence-electron chi connectivity index (χ3n) is 2.84. The molecule has 0 atom stereocenters. The van der Waals surface area contributed by atoms with Crippen molar-refractivity contribution >= 4 is 14.2 Å². The fourth-order valence-electron chi connectivity index (χ4n) is 1.68. The summed E-state index contributed by atoms with van der Waals surface area (Å²) in [6.45, 7) is 4.87. The number of unbranched alkanes of at least 4 members (excludes halogenated alkanes) is 2. The monoisotopic (exact) mass is 468 g/mol. The zero-order valence-corrected chi connectivity index (χ0v) is 18.3. The van der Waals surface area contributed by atoms with Gasteiger partial charge in [0.1, 0.15) is 0 Å². The topological polar surface area (TPSA) is 26.3 Å². The maximum absolute atomic E-state index is 12.0. The Morgan fingerprint density at radius 3 is 2.68 bits per heavy atom. The molecular weight excluding hydrogens is 445 g/mol. The summed E-state index contributed by atoms with van der Waals surface area (Å²) in [5.74, 6) is -0.152. The van der Waals surface area contributed by atoms with Gasteiger partial charge < -0.3 is 0 Å². The predicted octanol–water partition coefficient (Wildman–Crippen LogP) is 4.95. The van der Waals surface area contributed by atoms with Crippen LogP contribution in [0.15, 0.2) is 29.2 Å². The predicted molar refractivity (Wildman–Crippen MR) is 77.2 cm³/mol. The Bertz CT molecular complexity index is 382. The molecule has 0 unspecified atom stereocenters. The Morgan fingerprint density at radius 1 is 1.21 bits per heavy atom. The molecule has 0 saturated carbocycles. The SMILES string of the molecule is CCCCOC(=O)c1ccccc1[S][Hg][CH2]CCC. The Hall–Kier alpha value is -0.0249. The molecule has 0 aliphatic carbocycles. The van der Waals surface area contributed by atoms with Gasteiger partial charge in [-0.1, -0.05) is 0 Å². The molecule has 102 valence electrons. The molecule has 1 aromatic carbocycles. The molecule has 0 spiro atoms. The number of rotatable bonds is 9. The van der Waals surface area contributed by atoms with Gasteiger partial charge in [0.2, 0.25) is 0 Å². The molecule has 0 bridgehead atoms. The van der Waals surface area contributed by atoms with Gasteiger partial charge in [-0.2, -0.15) is 0 Å². The zero-order valence-electron chi connectivity index (χ0n) is 12.0. The molecule has 0 heterocycles. The van der Waals surface area contributed by atoms with E-state index in [0.29, 0.717) is 6.61 Å². The van der Waals surface area contributed by atoms with Crippen LogP contribution in [0.2, 0.25) is 3.93 Å². The average Bonchev–Trinajstić information content (AvgIpc) is 2.44. The molecule has 0 aromatic heterocycles. The number of carbonyl (C=O) groups excluding carboxylic acids is 1. The van der Waals surface area contributed by atoms with Gasteiger partial charge in [0.25, 0.3) is 0 Å². The number of ether oxygens (including phenoxy) is 1. The molecule has 0 aliphatic rings. The van der Waals surface area contributed by atoms with Crippen LogP contribution in [0.4, 0.5) is 0 Å². The second-order valence-electron chi connectivity index (χ2n) is 4.54. The van der Waals surface area contributed by atoms with Crippen molar-refractivity contribution < 1.29 is 32.6 Å². The molecule has 0 aliphatic heterocycles. The first-order valence-electron chi connectivity index (χ1n) is 7.18. The normalized spacial score (nSPS) is 10.0. The first-order valence-corrected chi connectivity index (χ1v) is 18.8. The van der Waals surface area contributed by atoms with Crippen LogP contribution in [-0.4, -0.2) is 12.6 Å². The second-order valence-corrected chi connectivity index (χ2v) is 16.6. The summed E-state index contributed by atoms with van der Waals surface area (Å²) in [6, 6.07) is 7.89. The van der Waals surface area contributed by atoms with Crippen molar-refractivity contribution in [3.05, 3.63) is 29.8 Å². The molecule has 4 heteroatoms. The van der Waals surface area contributed by atoms with Crippen molar-refractivity contribution in [1.29, 1.82) is 0 Å². The quantitative estimate of drug-likeness (QED) is 0.292. The van der Waals surface area contributed by atoms with Crippen molar-refractivity contribution in [2.75, 3.05) is 6.61 Å². The molecule has 0 radical (unpaired) electrons. The van der Waals surface area contributed by atoms with E-state index in [9.17, 15) is 4.79 Å². The summed E-state index contributed by atoms with van der Waals surface area (Å²) in [5, 5.41) is 0. The van der Waals surface area contributed by atoms with Gasteiger partial charge in [0, 0.05) is 0 Å². The number of benzene rings is 1. The summed E-state index contributed by atoms with van der Waals surface area (Å²) in [5.41, 5.74) is 0.764. The second kappa shape index (κ2) is 10.7. The Balaban J connectivity index is 2.54. The molecule has 0 amide bonds. The van der Waals surface area contributed by atoms with E-state index in [1.807, 2.05) is 26.4 Å². The van der Waals surface area contributed by atoms with Crippen LogP contribution in [0.1, 0.15) is 49.9 Å². The third-order valence-corrected chi connectivity index (χ3v) is 15.3. The minimum atomic E-state index is -0.903. The average molecular weight is 467 g/mol. The van der Waals surface area contributed by atoms with Crippen molar-refractivity contribution in [2.45, 2.75) is 48.4 Å². The Labute approximate surface area is 131 Å². The van der Waals surface area contributed by atoms with E-state index in [-0.39, 0.29) is 5.97 Å². The van der Waals surface area contributed by atoms with Gasteiger partial charge in [-0.3, -0.25) is 0 Å². The molecule has 0 saturated heterocycles. The Kier molecular flexibility index (Phi) is 9.61. The van der Waals surface area contributed by atoms with Crippen LogP contribution >= 0.6 is 8.24 Å². The molecule has 1 rings (SSSR count). The van der Waals surface area contributed by atoms with Gasteiger partial charge in [-0.05, 0) is 0 Å². The summed E-state index contributed by atoms with van der Waals surface area (Å²) < 4.78 is 6.73. The van der Waals surface area contributed by atoms with Crippen molar-refractivity contribution in [3.63, 3.8) is 0 Å². The maximum atomic E-state index is 12.0. The molecule has 19 heavy (non-hydrogen) atoms. The number of hydrogen-bond donors (Lipinski definition) is 0. The van der Waals surface area contributed by atoms with Crippen LogP contribution in [-0.2, 0) is 27.8 Å². The van der Waals surface area contributed by atoms with E-state index < -0.39 is 23.1 Å². The van der Waals surface area contributed by atoms with Gasteiger partial charge in [0.05, 0.1) is 0 Å². The first kappa shape index (κ1) is 17.0. The van der Waals surface area contributed by atoms with Gasteiger partial charge >= 0.3 is 132 Å². The van der Waals surface area contributed by atoms with E-state index in [2.05, 4.69) is 19.9 Å². The van der Waals surface area contributed by atoms with E-state index >= 15 is 0 Å². The van der Waals surface area contributed by atoms with Crippen LogP contribution in [0.3, 0.4) is 0 Å². The molecular formula is C15H22HgO2S. The van der Waals surface area contributed by atoms with Gasteiger partial charge in [-0.15, -0.1) is 0 Å². The van der Waals surface area contributed by atoms with E-state index in [0.717, 1.165) is 23.3 Å². The minimum absolute atomic E-state index is 0.152. The van der Waals surface area contributed by atoms with E-state index in [4.69, 9.17) is 4.74 Å². The number of carbonyl (C=O) groups is 1. The van der Waals surface area contributed by atoms with Crippen LogP contribution < -0.4 is 0 Å². The Morgan fingerprint density at radius 2 is 1.95 bits per heavy atom.